The zero-order chi connectivity index (χ0) is 16.0. The molecule has 0 saturated carbocycles. The van der Waals surface area contributed by atoms with E-state index in [1.165, 1.54) is 6.07 Å². The van der Waals surface area contributed by atoms with Crippen LogP contribution >= 0.6 is 11.6 Å². The molecule has 1 aromatic rings. The zero-order valence-corrected chi connectivity index (χ0v) is 14.1. The topological polar surface area (TPSA) is 58.2 Å². The van der Waals surface area contributed by atoms with Gasteiger partial charge in [-0.2, -0.15) is 0 Å². The van der Waals surface area contributed by atoms with E-state index in [1.807, 2.05) is 6.92 Å². The minimum absolute atomic E-state index is 0.0534. The van der Waals surface area contributed by atoms with Gasteiger partial charge in [-0.25, -0.2) is 17.5 Å². The van der Waals surface area contributed by atoms with Crippen LogP contribution in [-0.2, 0) is 16.6 Å². The van der Waals surface area contributed by atoms with Crippen LogP contribution in [-0.4, -0.2) is 21.5 Å². The molecule has 1 atom stereocenters. The Morgan fingerprint density at radius 3 is 2.62 bits per heavy atom. The van der Waals surface area contributed by atoms with E-state index < -0.39 is 15.8 Å². The third-order valence-corrected chi connectivity index (χ3v) is 5.09. The van der Waals surface area contributed by atoms with Crippen molar-refractivity contribution in [1.82, 2.24) is 10.0 Å². The van der Waals surface area contributed by atoms with Crippen molar-refractivity contribution in [3.05, 3.63) is 28.5 Å². The molecule has 0 aliphatic heterocycles. The fourth-order valence-electron chi connectivity index (χ4n) is 1.99. The summed E-state index contributed by atoms with van der Waals surface area (Å²) in [4.78, 5) is -0.0991. The lowest BCUT2D eigenvalue weighted by atomic mass is 10.2. The first-order chi connectivity index (χ1) is 9.81. The average Bonchev–Trinajstić information content (AvgIpc) is 2.41. The van der Waals surface area contributed by atoms with E-state index in [4.69, 9.17) is 11.6 Å². The maximum atomic E-state index is 13.8. The SMILES string of the molecule is CCCCC(C)NS(=O)(=O)c1cc(F)c(Cl)c(CNC)c1. The molecule has 1 aromatic carbocycles. The van der Waals surface area contributed by atoms with E-state index in [1.54, 1.807) is 14.0 Å². The summed E-state index contributed by atoms with van der Waals surface area (Å²) in [6.45, 7) is 4.14. The Labute approximate surface area is 131 Å². The molecule has 0 amide bonds. The fraction of sp³-hybridized carbons (Fsp3) is 0.571. The number of rotatable bonds is 8. The summed E-state index contributed by atoms with van der Waals surface area (Å²) in [6.07, 6.45) is 2.67. The summed E-state index contributed by atoms with van der Waals surface area (Å²) >= 11 is 5.84. The molecule has 4 nitrogen and oxygen atoms in total. The van der Waals surface area contributed by atoms with Gasteiger partial charge in [0.1, 0.15) is 5.82 Å². The summed E-state index contributed by atoms with van der Waals surface area (Å²) in [5.41, 5.74) is 0.417. The Kier molecular flexibility index (Phi) is 7.06. The third kappa shape index (κ3) is 5.21. The normalized spacial score (nSPS) is 13.4. The molecule has 0 aliphatic carbocycles. The number of halogens is 2. The molecule has 0 radical (unpaired) electrons. The average molecular weight is 337 g/mol. The molecule has 7 heteroatoms. The highest BCUT2D eigenvalue weighted by molar-refractivity contribution is 7.89. The summed E-state index contributed by atoms with van der Waals surface area (Å²) in [6, 6.07) is 2.16. The van der Waals surface area contributed by atoms with Crippen LogP contribution in [0.2, 0.25) is 5.02 Å². The van der Waals surface area contributed by atoms with E-state index >= 15 is 0 Å². The molecule has 0 heterocycles. The number of benzene rings is 1. The lowest BCUT2D eigenvalue weighted by molar-refractivity contribution is 0.532. The number of unbranched alkanes of at least 4 members (excludes halogenated alkanes) is 1. The molecule has 0 saturated heterocycles. The number of sulfonamides is 1. The Bertz CT molecular complexity index is 579. The Morgan fingerprint density at radius 1 is 1.38 bits per heavy atom. The highest BCUT2D eigenvalue weighted by Crippen LogP contribution is 2.24. The number of hydrogen-bond donors (Lipinski definition) is 2. The van der Waals surface area contributed by atoms with E-state index in [2.05, 4.69) is 10.0 Å². The lowest BCUT2D eigenvalue weighted by Gasteiger charge is -2.15. The summed E-state index contributed by atoms with van der Waals surface area (Å²) < 4.78 is 40.9. The molecule has 1 unspecified atom stereocenters. The predicted molar refractivity (Wildman–Crippen MR) is 83.5 cm³/mol. The molecule has 0 bridgehead atoms. The van der Waals surface area contributed by atoms with Crippen LogP contribution in [0.5, 0.6) is 0 Å². The van der Waals surface area contributed by atoms with Gasteiger partial charge >= 0.3 is 0 Å². The Hall–Kier alpha value is -0.690. The molecule has 1 rings (SSSR count). The molecule has 0 aliphatic rings. The van der Waals surface area contributed by atoms with Crippen molar-refractivity contribution >= 4 is 21.6 Å². The van der Waals surface area contributed by atoms with Gasteiger partial charge < -0.3 is 5.32 Å². The van der Waals surface area contributed by atoms with Crippen molar-refractivity contribution in [2.75, 3.05) is 7.05 Å². The van der Waals surface area contributed by atoms with E-state index in [0.29, 0.717) is 12.1 Å². The molecule has 0 spiro atoms. The Morgan fingerprint density at radius 2 is 2.05 bits per heavy atom. The van der Waals surface area contributed by atoms with Crippen LogP contribution in [0.1, 0.15) is 38.7 Å². The highest BCUT2D eigenvalue weighted by atomic mass is 35.5. The lowest BCUT2D eigenvalue weighted by Crippen LogP contribution is -2.32. The maximum absolute atomic E-state index is 13.8. The minimum Gasteiger partial charge on any atom is -0.316 e. The largest absolute Gasteiger partial charge is 0.316 e. The molecule has 120 valence electrons. The van der Waals surface area contributed by atoms with Gasteiger partial charge in [-0.3, -0.25) is 0 Å². The summed E-state index contributed by atoms with van der Waals surface area (Å²) in [7, 11) is -2.07. The van der Waals surface area contributed by atoms with Crippen LogP contribution in [0.25, 0.3) is 0 Å². The third-order valence-electron chi connectivity index (χ3n) is 3.10. The number of nitrogens with one attached hydrogen (secondary N) is 2. The van der Waals surface area contributed by atoms with Crippen molar-refractivity contribution in [2.45, 2.75) is 50.6 Å². The predicted octanol–water partition coefficient (Wildman–Crippen LogP) is 3.06. The minimum atomic E-state index is -3.75. The second-order valence-electron chi connectivity index (χ2n) is 5.07. The van der Waals surface area contributed by atoms with Crippen molar-refractivity contribution in [3.63, 3.8) is 0 Å². The van der Waals surface area contributed by atoms with Crippen LogP contribution < -0.4 is 10.0 Å². The summed E-state index contributed by atoms with van der Waals surface area (Å²) in [5.74, 6) is -0.731. The summed E-state index contributed by atoms with van der Waals surface area (Å²) in [5, 5.41) is 2.78. The highest BCUT2D eigenvalue weighted by Gasteiger charge is 2.20. The smallest absolute Gasteiger partial charge is 0.240 e. The van der Waals surface area contributed by atoms with E-state index in [-0.39, 0.29) is 16.0 Å². The van der Waals surface area contributed by atoms with Crippen LogP contribution in [0.15, 0.2) is 17.0 Å². The van der Waals surface area contributed by atoms with Crippen molar-refractivity contribution in [2.24, 2.45) is 0 Å². The van der Waals surface area contributed by atoms with Gasteiger partial charge in [0, 0.05) is 12.6 Å². The first-order valence-corrected chi connectivity index (χ1v) is 8.82. The number of hydrogen-bond acceptors (Lipinski definition) is 3. The molecule has 21 heavy (non-hydrogen) atoms. The van der Waals surface area contributed by atoms with Gasteiger partial charge in [0.25, 0.3) is 0 Å². The van der Waals surface area contributed by atoms with Gasteiger partial charge in [0.15, 0.2) is 0 Å². The van der Waals surface area contributed by atoms with Gasteiger partial charge in [0.2, 0.25) is 10.0 Å². The molecule has 2 N–H and O–H groups in total. The van der Waals surface area contributed by atoms with E-state index in [9.17, 15) is 12.8 Å². The van der Waals surface area contributed by atoms with Crippen molar-refractivity contribution < 1.29 is 12.8 Å². The molecule has 0 aromatic heterocycles. The quantitative estimate of drug-likeness (QED) is 0.767. The second kappa shape index (κ2) is 8.08. The van der Waals surface area contributed by atoms with Crippen LogP contribution in [0.3, 0.4) is 0 Å². The zero-order valence-electron chi connectivity index (χ0n) is 12.5. The standard InChI is InChI=1S/C14H22ClFN2O2S/c1-4-5-6-10(2)18-21(19,20)12-7-11(9-17-3)14(15)13(16)8-12/h7-8,10,17-18H,4-6,9H2,1-3H3. The first kappa shape index (κ1) is 18.4. The molecular weight excluding hydrogens is 315 g/mol. The van der Waals surface area contributed by atoms with Crippen LogP contribution in [0.4, 0.5) is 4.39 Å². The monoisotopic (exact) mass is 336 g/mol. The van der Waals surface area contributed by atoms with Gasteiger partial charge in [-0.15, -0.1) is 0 Å². The maximum Gasteiger partial charge on any atom is 0.240 e. The van der Waals surface area contributed by atoms with Gasteiger partial charge in [-0.1, -0.05) is 31.4 Å². The van der Waals surface area contributed by atoms with Gasteiger partial charge in [0.05, 0.1) is 9.92 Å². The molecular formula is C14H22ClFN2O2S. The van der Waals surface area contributed by atoms with Crippen LogP contribution in [0, 0.1) is 5.82 Å². The van der Waals surface area contributed by atoms with Crippen molar-refractivity contribution in [3.8, 4) is 0 Å². The second-order valence-corrected chi connectivity index (χ2v) is 7.17. The first-order valence-electron chi connectivity index (χ1n) is 6.96. The van der Waals surface area contributed by atoms with Gasteiger partial charge in [-0.05, 0) is 38.1 Å². The Balaban J connectivity index is 3.02. The molecule has 0 fully saturated rings. The van der Waals surface area contributed by atoms with E-state index in [0.717, 1.165) is 25.3 Å². The van der Waals surface area contributed by atoms with Crippen molar-refractivity contribution in [1.29, 1.82) is 0 Å². The fourth-order valence-corrected chi connectivity index (χ4v) is 3.51.